The lowest BCUT2D eigenvalue weighted by atomic mass is 10.1. The fraction of sp³-hybridized carbons (Fsp3) is 0.857. The van der Waals surface area contributed by atoms with Crippen molar-refractivity contribution in [1.82, 2.24) is 20.0 Å². The van der Waals surface area contributed by atoms with Crippen molar-refractivity contribution in [2.24, 2.45) is 5.92 Å². The van der Waals surface area contributed by atoms with E-state index in [-0.39, 0.29) is 48.6 Å². The Hall–Kier alpha value is -0.560. The van der Waals surface area contributed by atoms with Crippen LogP contribution in [0.1, 0.15) is 12.8 Å². The van der Waals surface area contributed by atoms with Gasteiger partial charge < -0.3 is 20.0 Å². The van der Waals surface area contributed by atoms with Crippen LogP contribution >= 0.6 is 24.8 Å². The summed E-state index contributed by atoms with van der Waals surface area (Å²) in [6.07, 6.45) is 1.38. The van der Waals surface area contributed by atoms with E-state index in [1.165, 1.54) is 0 Å². The maximum absolute atomic E-state index is 12.5. The monoisotopic (exact) mass is 354 g/mol. The SMILES string of the molecule is CN(C)CCN1CC(C(=O)N(C)C2CCNC2)CC1=O.Cl.Cl. The lowest BCUT2D eigenvalue weighted by Crippen LogP contribution is -2.42. The van der Waals surface area contributed by atoms with Gasteiger partial charge in [0.05, 0.1) is 5.92 Å². The van der Waals surface area contributed by atoms with Crippen LogP contribution in [0, 0.1) is 5.92 Å². The summed E-state index contributed by atoms with van der Waals surface area (Å²) in [6, 6.07) is 0.286. The van der Waals surface area contributed by atoms with Crippen LogP contribution in [0.5, 0.6) is 0 Å². The van der Waals surface area contributed by atoms with E-state index >= 15 is 0 Å². The second-order valence-electron chi connectivity index (χ2n) is 6.14. The summed E-state index contributed by atoms with van der Waals surface area (Å²) in [5, 5.41) is 3.27. The first-order valence-electron chi connectivity index (χ1n) is 7.39. The Morgan fingerprint density at radius 3 is 2.55 bits per heavy atom. The second kappa shape index (κ2) is 9.55. The summed E-state index contributed by atoms with van der Waals surface area (Å²) in [5.41, 5.74) is 0. The zero-order valence-electron chi connectivity index (χ0n) is 13.6. The van der Waals surface area contributed by atoms with Crippen molar-refractivity contribution < 1.29 is 9.59 Å². The molecule has 2 unspecified atom stereocenters. The molecule has 2 amide bonds. The van der Waals surface area contributed by atoms with Crippen molar-refractivity contribution in [3.8, 4) is 0 Å². The summed E-state index contributed by atoms with van der Waals surface area (Å²) in [5.74, 6) is 0.0813. The molecule has 0 spiro atoms. The molecule has 2 aliphatic heterocycles. The predicted molar refractivity (Wildman–Crippen MR) is 91.8 cm³/mol. The maximum atomic E-state index is 12.5. The van der Waals surface area contributed by atoms with Crippen molar-refractivity contribution in [2.45, 2.75) is 18.9 Å². The minimum Gasteiger partial charge on any atom is -0.341 e. The van der Waals surface area contributed by atoms with Crippen LogP contribution in [-0.2, 0) is 9.59 Å². The number of halogens is 2. The molecule has 2 fully saturated rings. The first-order valence-corrected chi connectivity index (χ1v) is 7.39. The molecule has 0 saturated carbocycles. The van der Waals surface area contributed by atoms with Gasteiger partial charge in [-0.05, 0) is 27.1 Å². The number of carbonyl (C=O) groups excluding carboxylic acids is 2. The average molecular weight is 355 g/mol. The minimum absolute atomic E-state index is 0. The molecule has 2 rings (SSSR count). The van der Waals surface area contributed by atoms with Crippen molar-refractivity contribution in [3.05, 3.63) is 0 Å². The van der Waals surface area contributed by atoms with Gasteiger partial charge in [-0.3, -0.25) is 9.59 Å². The molecule has 0 aromatic rings. The smallest absolute Gasteiger partial charge is 0.228 e. The molecule has 0 bridgehead atoms. The van der Waals surface area contributed by atoms with Gasteiger partial charge in [-0.25, -0.2) is 0 Å². The highest BCUT2D eigenvalue weighted by atomic mass is 35.5. The standard InChI is InChI=1S/C14H26N4O2.2ClH/c1-16(2)6-7-18-10-11(8-13(18)19)14(20)17(3)12-4-5-15-9-12;;/h11-12,15H,4-10H2,1-3H3;2*1H. The molecule has 2 heterocycles. The number of likely N-dealkylation sites (N-methyl/N-ethyl adjacent to an activating group) is 2. The Balaban J connectivity index is 0.00000220. The van der Waals surface area contributed by atoms with Gasteiger partial charge in [0.1, 0.15) is 0 Å². The number of rotatable bonds is 5. The molecule has 1 N–H and O–H groups in total. The third-order valence-corrected chi connectivity index (χ3v) is 4.31. The maximum Gasteiger partial charge on any atom is 0.228 e. The predicted octanol–water partition coefficient (Wildman–Crippen LogP) is 0.0604. The van der Waals surface area contributed by atoms with Crippen LogP contribution in [0.4, 0.5) is 0 Å². The van der Waals surface area contributed by atoms with Crippen molar-refractivity contribution >= 4 is 36.6 Å². The first kappa shape index (κ1) is 21.4. The lowest BCUT2D eigenvalue weighted by molar-refractivity contribution is -0.136. The van der Waals surface area contributed by atoms with Crippen LogP contribution < -0.4 is 5.32 Å². The number of hydrogen-bond acceptors (Lipinski definition) is 4. The van der Waals surface area contributed by atoms with Gasteiger partial charge in [0.15, 0.2) is 0 Å². The third-order valence-electron chi connectivity index (χ3n) is 4.31. The fourth-order valence-electron chi connectivity index (χ4n) is 2.91. The van der Waals surface area contributed by atoms with Crippen LogP contribution in [-0.4, -0.2) is 86.4 Å². The van der Waals surface area contributed by atoms with Crippen LogP contribution in [0.2, 0.25) is 0 Å². The van der Waals surface area contributed by atoms with E-state index in [1.807, 2.05) is 30.9 Å². The highest BCUT2D eigenvalue weighted by Gasteiger charge is 2.37. The normalized spacial score (nSPS) is 24.2. The van der Waals surface area contributed by atoms with E-state index in [1.54, 1.807) is 0 Å². The Morgan fingerprint density at radius 2 is 2.00 bits per heavy atom. The Morgan fingerprint density at radius 1 is 1.32 bits per heavy atom. The molecule has 0 radical (unpaired) electrons. The van der Waals surface area contributed by atoms with Gasteiger partial charge in [-0.15, -0.1) is 24.8 Å². The van der Waals surface area contributed by atoms with E-state index < -0.39 is 0 Å². The Bertz CT molecular complexity index is 376. The number of nitrogens with one attached hydrogen (secondary N) is 1. The Labute approximate surface area is 145 Å². The number of hydrogen-bond donors (Lipinski definition) is 1. The van der Waals surface area contributed by atoms with Gasteiger partial charge in [0.25, 0.3) is 0 Å². The van der Waals surface area contributed by atoms with Gasteiger partial charge >= 0.3 is 0 Å². The van der Waals surface area contributed by atoms with Crippen molar-refractivity contribution in [1.29, 1.82) is 0 Å². The molecule has 2 aliphatic rings. The van der Waals surface area contributed by atoms with Gasteiger partial charge in [0.2, 0.25) is 11.8 Å². The van der Waals surface area contributed by atoms with Crippen LogP contribution in [0.3, 0.4) is 0 Å². The average Bonchev–Trinajstić information content (AvgIpc) is 3.04. The molecule has 0 aromatic carbocycles. The van der Waals surface area contributed by atoms with E-state index in [0.29, 0.717) is 19.5 Å². The number of nitrogens with zero attached hydrogens (tertiary/aromatic N) is 3. The summed E-state index contributed by atoms with van der Waals surface area (Å²) in [4.78, 5) is 30.2. The summed E-state index contributed by atoms with van der Waals surface area (Å²) < 4.78 is 0. The molecular weight excluding hydrogens is 327 g/mol. The summed E-state index contributed by atoms with van der Waals surface area (Å²) >= 11 is 0. The zero-order valence-corrected chi connectivity index (χ0v) is 15.2. The molecule has 6 nitrogen and oxygen atoms in total. The molecule has 8 heteroatoms. The Kier molecular flexibility index (Phi) is 9.31. The van der Waals surface area contributed by atoms with Gasteiger partial charge in [-0.2, -0.15) is 0 Å². The highest BCUT2D eigenvalue weighted by Crippen LogP contribution is 2.21. The number of amides is 2. The highest BCUT2D eigenvalue weighted by molar-refractivity contribution is 5.89. The number of likely N-dealkylation sites (tertiary alicyclic amines) is 1. The molecule has 2 saturated heterocycles. The van der Waals surface area contributed by atoms with Gasteiger partial charge in [0, 0.05) is 45.7 Å². The molecule has 22 heavy (non-hydrogen) atoms. The molecule has 2 atom stereocenters. The van der Waals surface area contributed by atoms with Crippen LogP contribution in [0.25, 0.3) is 0 Å². The quantitative estimate of drug-likeness (QED) is 0.758. The van der Waals surface area contributed by atoms with E-state index in [2.05, 4.69) is 10.2 Å². The summed E-state index contributed by atoms with van der Waals surface area (Å²) in [7, 11) is 5.85. The lowest BCUT2D eigenvalue weighted by Gasteiger charge is -2.26. The largest absolute Gasteiger partial charge is 0.341 e. The molecule has 0 aliphatic carbocycles. The van der Waals surface area contributed by atoms with Crippen molar-refractivity contribution in [3.63, 3.8) is 0 Å². The third kappa shape index (κ3) is 5.26. The van der Waals surface area contributed by atoms with Crippen LogP contribution in [0.15, 0.2) is 0 Å². The zero-order chi connectivity index (χ0) is 14.7. The van der Waals surface area contributed by atoms with E-state index in [0.717, 1.165) is 26.1 Å². The minimum atomic E-state index is -0.157. The first-order chi connectivity index (χ1) is 9.49. The molecular formula is C14H28Cl2N4O2. The van der Waals surface area contributed by atoms with Crippen molar-refractivity contribution in [2.75, 3.05) is 53.9 Å². The topological polar surface area (TPSA) is 55.9 Å². The van der Waals surface area contributed by atoms with E-state index in [9.17, 15) is 9.59 Å². The fourth-order valence-corrected chi connectivity index (χ4v) is 2.91. The van der Waals surface area contributed by atoms with E-state index in [4.69, 9.17) is 0 Å². The molecule has 130 valence electrons. The number of carbonyl (C=O) groups is 2. The second-order valence-corrected chi connectivity index (χ2v) is 6.14. The van der Waals surface area contributed by atoms with Gasteiger partial charge in [-0.1, -0.05) is 0 Å². The molecule has 0 aromatic heterocycles. The summed E-state index contributed by atoms with van der Waals surface area (Å²) in [6.45, 7) is 3.98.